The Labute approximate surface area is 343 Å². The van der Waals surface area contributed by atoms with Gasteiger partial charge in [0.2, 0.25) is 5.89 Å². The molecule has 2 aliphatic rings. The first-order valence-electron chi connectivity index (χ1n) is 19.8. The topological polar surface area (TPSA) is 212 Å². The van der Waals surface area contributed by atoms with Gasteiger partial charge >= 0.3 is 12.2 Å². The van der Waals surface area contributed by atoms with Crippen molar-refractivity contribution in [3.05, 3.63) is 126 Å². The highest BCUT2D eigenvalue weighted by Crippen LogP contribution is 2.38. The molecule has 4 amide bonds. The van der Waals surface area contributed by atoms with Crippen LogP contribution in [0.1, 0.15) is 72.6 Å². The number of rotatable bonds is 10. The van der Waals surface area contributed by atoms with Crippen LogP contribution in [0.2, 0.25) is 0 Å². The number of carboxylic acid groups (broad SMARTS) is 1. The van der Waals surface area contributed by atoms with Crippen LogP contribution in [-0.2, 0) is 14.3 Å². The van der Waals surface area contributed by atoms with Crippen molar-refractivity contribution in [1.29, 1.82) is 0 Å². The maximum atomic E-state index is 14.0. The van der Waals surface area contributed by atoms with Crippen LogP contribution >= 0.6 is 0 Å². The van der Waals surface area contributed by atoms with E-state index in [-0.39, 0.29) is 23.9 Å². The standard InChI is InChI=1S/C44H41N9O7/c1-59-44(58)51-36(26-13-6-3-7-14-26)42(55)52-21-9-17-32(52)38-46-29-20-19-27(23-31(29)48-38)34-24-45-40(60-34)28-15-8-16-30-37(28)49-39(47-30)33-18-10-22-53(33)41(54)35(50-43(56)57)25-11-4-2-5-12-25/h2-8,11-16,19-20,23-24,32-33,35-36,50H,9-10,17-18,21-22H2,1H3,(H,46,48)(H,47,49)(H,51,58)(H,56,57)/t32-,33-,35+,36+/m0/s1. The molecule has 0 spiro atoms. The quantitative estimate of drug-likeness (QED) is 0.0938. The van der Waals surface area contributed by atoms with E-state index in [0.29, 0.717) is 71.4 Å². The molecule has 5 heterocycles. The van der Waals surface area contributed by atoms with Crippen LogP contribution in [-0.4, -0.2) is 84.0 Å². The third kappa shape index (κ3) is 7.27. The number of hydrogen-bond donors (Lipinski definition) is 5. The van der Waals surface area contributed by atoms with Crippen molar-refractivity contribution in [3.8, 4) is 22.8 Å². The second-order valence-corrected chi connectivity index (χ2v) is 14.9. The number of carbonyl (C=O) groups excluding carboxylic acids is 3. The number of amides is 4. The number of nitrogens with zero attached hydrogens (tertiary/aromatic N) is 5. The normalized spacial score (nSPS) is 17.5. The average molecular weight is 808 g/mol. The summed E-state index contributed by atoms with van der Waals surface area (Å²) in [7, 11) is 1.27. The maximum absolute atomic E-state index is 14.0. The molecule has 16 heteroatoms. The lowest BCUT2D eigenvalue weighted by Crippen LogP contribution is -2.42. The SMILES string of the molecule is COC(=O)N[C@@H](C(=O)N1CCC[C@H]1c1nc2ccc(-c3cnc(-c4cccc5[nH]c([C@@H]6CCCN6C(=O)[C@H](NC(=O)O)c6ccccc6)nc45)o3)cc2[nH]1)c1ccccc1. The Balaban J connectivity index is 0.955. The van der Waals surface area contributed by atoms with Gasteiger partial charge < -0.3 is 44.7 Å². The van der Waals surface area contributed by atoms with E-state index in [1.54, 1.807) is 52.4 Å². The number of fused-ring (bicyclic) bond motifs is 2. The molecule has 2 fully saturated rings. The van der Waals surface area contributed by atoms with Crippen LogP contribution in [0.25, 0.3) is 44.8 Å². The highest BCUT2D eigenvalue weighted by molar-refractivity contribution is 5.91. The van der Waals surface area contributed by atoms with E-state index in [0.717, 1.165) is 35.0 Å². The molecule has 9 rings (SSSR count). The lowest BCUT2D eigenvalue weighted by molar-refractivity contribution is -0.135. The van der Waals surface area contributed by atoms with Gasteiger partial charge in [0.15, 0.2) is 5.76 Å². The molecule has 2 aliphatic heterocycles. The van der Waals surface area contributed by atoms with Crippen LogP contribution in [0.4, 0.5) is 9.59 Å². The number of H-pyrrole nitrogens is 2. The molecular formula is C44H41N9O7. The molecule has 0 bridgehead atoms. The molecular weight excluding hydrogens is 767 g/mol. The Morgan fingerprint density at radius 1 is 0.767 bits per heavy atom. The second-order valence-electron chi connectivity index (χ2n) is 14.9. The first-order valence-corrected chi connectivity index (χ1v) is 19.8. The molecule has 3 aromatic heterocycles. The minimum atomic E-state index is -1.28. The number of likely N-dealkylation sites (tertiary alicyclic amines) is 2. The van der Waals surface area contributed by atoms with Gasteiger partial charge in [0.1, 0.15) is 29.2 Å². The van der Waals surface area contributed by atoms with Crippen LogP contribution in [0.15, 0.2) is 108 Å². The number of imidazole rings is 2. The summed E-state index contributed by atoms with van der Waals surface area (Å²) in [6.45, 7) is 0.975. The van der Waals surface area contributed by atoms with E-state index in [4.69, 9.17) is 19.1 Å². The summed E-state index contributed by atoms with van der Waals surface area (Å²) in [6.07, 6.45) is 2.56. The van der Waals surface area contributed by atoms with Gasteiger partial charge in [0.25, 0.3) is 11.8 Å². The lowest BCUT2D eigenvalue weighted by atomic mass is 10.1. The summed E-state index contributed by atoms with van der Waals surface area (Å²) in [5.41, 5.74) is 5.50. The van der Waals surface area contributed by atoms with Crippen molar-refractivity contribution in [3.63, 3.8) is 0 Å². The fourth-order valence-corrected chi connectivity index (χ4v) is 8.38. The second kappa shape index (κ2) is 16.0. The Morgan fingerprint density at radius 2 is 1.38 bits per heavy atom. The number of hydrogen-bond acceptors (Lipinski definition) is 9. The van der Waals surface area contributed by atoms with Gasteiger partial charge in [-0.15, -0.1) is 0 Å². The van der Waals surface area contributed by atoms with Gasteiger partial charge in [-0.2, -0.15) is 0 Å². The van der Waals surface area contributed by atoms with E-state index in [1.807, 2.05) is 60.7 Å². The molecule has 5 N–H and O–H groups in total. The Morgan fingerprint density at radius 3 is 2.02 bits per heavy atom. The highest BCUT2D eigenvalue weighted by Gasteiger charge is 2.39. The van der Waals surface area contributed by atoms with Crippen molar-refractivity contribution in [2.75, 3.05) is 20.2 Å². The largest absolute Gasteiger partial charge is 0.465 e. The summed E-state index contributed by atoms with van der Waals surface area (Å²) in [6, 6.07) is 26.6. The predicted molar refractivity (Wildman–Crippen MR) is 219 cm³/mol. The third-order valence-electron chi connectivity index (χ3n) is 11.2. The van der Waals surface area contributed by atoms with Crippen molar-refractivity contribution >= 4 is 46.1 Å². The van der Waals surface area contributed by atoms with Gasteiger partial charge in [0.05, 0.1) is 47.5 Å². The smallest absolute Gasteiger partial charge is 0.407 e. The van der Waals surface area contributed by atoms with E-state index in [9.17, 15) is 24.3 Å². The zero-order valence-electron chi connectivity index (χ0n) is 32.5. The van der Waals surface area contributed by atoms with E-state index >= 15 is 0 Å². The number of carbonyl (C=O) groups is 4. The van der Waals surface area contributed by atoms with Crippen molar-refractivity contribution < 1.29 is 33.4 Å². The number of benzene rings is 4. The highest BCUT2D eigenvalue weighted by atomic mass is 16.5. The fourth-order valence-electron chi connectivity index (χ4n) is 8.38. The minimum absolute atomic E-state index is 0.248. The van der Waals surface area contributed by atoms with Crippen LogP contribution in [0.5, 0.6) is 0 Å². The molecule has 304 valence electrons. The summed E-state index contributed by atoms with van der Waals surface area (Å²) >= 11 is 0. The van der Waals surface area contributed by atoms with E-state index in [1.165, 1.54) is 7.11 Å². The number of para-hydroxylation sites is 1. The van der Waals surface area contributed by atoms with Gasteiger partial charge in [-0.3, -0.25) is 9.59 Å². The molecule has 0 radical (unpaired) electrons. The van der Waals surface area contributed by atoms with E-state index < -0.39 is 24.3 Å². The summed E-state index contributed by atoms with van der Waals surface area (Å²) in [5, 5.41) is 14.7. The van der Waals surface area contributed by atoms with Crippen LogP contribution in [0, 0.1) is 0 Å². The van der Waals surface area contributed by atoms with Crippen molar-refractivity contribution in [2.45, 2.75) is 49.9 Å². The van der Waals surface area contributed by atoms with Crippen LogP contribution < -0.4 is 10.6 Å². The Hall–Kier alpha value is -7.49. The monoisotopic (exact) mass is 807 g/mol. The Bertz CT molecular complexity index is 2710. The summed E-state index contributed by atoms with van der Waals surface area (Å²) in [5.74, 6) is 1.54. The molecule has 7 aromatic rings. The molecule has 0 aliphatic carbocycles. The van der Waals surface area contributed by atoms with Crippen LogP contribution in [0.3, 0.4) is 0 Å². The number of aromatic nitrogens is 5. The molecule has 16 nitrogen and oxygen atoms in total. The third-order valence-corrected chi connectivity index (χ3v) is 11.2. The van der Waals surface area contributed by atoms with Gasteiger partial charge in [-0.1, -0.05) is 66.7 Å². The lowest BCUT2D eigenvalue weighted by Gasteiger charge is -2.28. The minimum Gasteiger partial charge on any atom is -0.465 e. The predicted octanol–water partition coefficient (Wildman–Crippen LogP) is 7.19. The average Bonchev–Trinajstić information content (AvgIpc) is 4.13. The van der Waals surface area contributed by atoms with Gasteiger partial charge in [-0.05, 0) is 67.1 Å². The first-order chi connectivity index (χ1) is 29.2. The molecule has 4 atom stereocenters. The van der Waals surface area contributed by atoms with Gasteiger partial charge in [0, 0.05) is 18.7 Å². The molecule has 0 saturated carbocycles. The zero-order valence-corrected chi connectivity index (χ0v) is 32.5. The number of ether oxygens (including phenoxy) is 1. The van der Waals surface area contributed by atoms with Crippen molar-refractivity contribution in [2.24, 2.45) is 0 Å². The number of methoxy groups -OCH3 is 1. The summed E-state index contributed by atoms with van der Waals surface area (Å²) in [4.78, 5) is 76.7. The number of nitrogens with one attached hydrogen (secondary N) is 4. The molecule has 0 unspecified atom stereocenters. The number of alkyl carbamates (subject to hydrolysis) is 1. The van der Waals surface area contributed by atoms with E-state index in [2.05, 4.69) is 25.6 Å². The van der Waals surface area contributed by atoms with Crippen molar-refractivity contribution in [1.82, 2.24) is 45.4 Å². The van der Waals surface area contributed by atoms with Gasteiger partial charge in [-0.25, -0.2) is 24.5 Å². The fraction of sp³-hybridized carbons (Fsp3) is 0.250. The summed E-state index contributed by atoms with van der Waals surface area (Å²) < 4.78 is 11.2. The molecule has 2 saturated heterocycles. The number of aromatic amines is 2. The first kappa shape index (κ1) is 38.1. The molecule has 60 heavy (non-hydrogen) atoms. The molecule has 4 aromatic carbocycles. The maximum Gasteiger partial charge on any atom is 0.407 e. The Kier molecular flexibility index (Phi) is 10.2. The zero-order chi connectivity index (χ0) is 41.3. The number of oxazole rings is 1.